The van der Waals surface area contributed by atoms with Crippen LogP contribution in [0, 0.1) is 5.82 Å². The molecule has 1 aliphatic rings. The Morgan fingerprint density at radius 1 is 1.15 bits per heavy atom. The van der Waals surface area contributed by atoms with Crippen molar-refractivity contribution in [3.63, 3.8) is 0 Å². The first-order chi connectivity index (χ1) is 15.8. The van der Waals surface area contributed by atoms with Gasteiger partial charge in [0, 0.05) is 30.6 Å². The number of carboxylic acid groups (broad SMARTS) is 1. The van der Waals surface area contributed by atoms with Crippen LogP contribution in [0.2, 0.25) is 0 Å². The lowest BCUT2D eigenvalue weighted by molar-refractivity contribution is -0.137. The minimum atomic E-state index is -1.00. The van der Waals surface area contributed by atoms with Gasteiger partial charge < -0.3 is 30.5 Å². The number of carbonyl (C=O) groups is 2. The molecule has 3 rings (SSSR count). The highest BCUT2D eigenvalue weighted by atomic mass is 19.1. The molecule has 0 spiro atoms. The maximum absolute atomic E-state index is 14.9. The molecule has 33 heavy (non-hydrogen) atoms. The molecule has 1 amide bonds. The Kier molecular flexibility index (Phi) is 8.40. The lowest BCUT2D eigenvalue weighted by Crippen LogP contribution is -2.32. The molecule has 1 fully saturated rings. The number of carboxylic acids is 1. The molecule has 10 heteroatoms. The summed E-state index contributed by atoms with van der Waals surface area (Å²) in [7, 11) is 0. The molecule has 0 bridgehead atoms. The van der Waals surface area contributed by atoms with Crippen LogP contribution in [0.3, 0.4) is 0 Å². The van der Waals surface area contributed by atoms with Gasteiger partial charge in [0.05, 0.1) is 30.5 Å². The van der Waals surface area contributed by atoms with E-state index >= 15 is 0 Å². The second kappa shape index (κ2) is 11.2. The zero-order valence-electron chi connectivity index (χ0n) is 18.3. The summed E-state index contributed by atoms with van der Waals surface area (Å²) in [6.45, 7) is -0.877. The third-order valence-corrected chi connectivity index (χ3v) is 6.00. The summed E-state index contributed by atoms with van der Waals surface area (Å²) in [5, 5.41) is 33.8. The number of fused-ring (bicyclic) bond motifs is 1. The molecular weight excluding hydrogens is 433 g/mol. The third kappa shape index (κ3) is 5.88. The third-order valence-electron chi connectivity index (χ3n) is 6.00. The average molecular weight is 464 g/mol. The van der Waals surface area contributed by atoms with Gasteiger partial charge in [-0.2, -0.15) is 0 Å². The van der Waals surface area contributed by atoms with Crippen molar-refractivity contribution in [2.24, 2.45) is 0 Å². The maximum Gasteiger partial charge on any atom is 0.303 e. The monoisotopic (exact) mass is 463 g/mol. The van der Waals surface area contributed by atoms with E-state index in [1.54, 1.807) is 0 Å². The summed E-state index contributed by atoms with van der Waals surface area (Å²) in [4.78, 5) is 36.3. The van der Waals surface area contributed by atoms with Gasteiger partial charge >= 0.3 is 5.97 Å². The number of aliphatic carboxylic acids is 1. The molecule has 9 nitrogen and oxygen atoms in total. The molecule has 1 aromatic carbocycles. The highest BCUT2D eigenvalue weighted by Crippen LogP contribution is 2.27. The van der Waals surface area contributed by atoms with Crippen molar-refractivity contribution in [3.05, 3.63) is 39.9 Å². The number of aromatic nitrogens is 1. The first-order valence-corrected chi connectivity index (χ1v) is 11.2. The normalized spacial score (nSPS) is 14.5. The summed E-state index contributed by atoms with van der Waals surface area (Å²) in [6, 6.07) is 1.83. The van der Waals surface area contributed by atoms with Gasteiger partial charge in [-0.15, -0.1) is 0 Å². The van der Waals surface area contributed by atoms with Gasteiger partial charge in [0.1, 0.15) is 11.4 Å². The zero-order valence-corrected chi connectivity index (χ0v) is 18.3. The molecular formula is C23H30FN3O6. The molecule has 1 heterocycles. The standard InChI is InChI=1S/C23H30FN3O6/c24-18-9-16-20(10-19(18)26-14-5-2-1-3-6-14)27(15(12-28)13-29)11-17(22(16)32)23(33)25-8-4-7-21(30)31/h9-11,14-15,26,28-29H,1-8,12-13H2,(H,25,33)(H,30,31). The Labute approximate surface area is 190 Å². The number of halogens is 1. The van der Waals surface area contributed by atoms with E-state index < -0.39 is 42.4 Å². The van der Waals surface area contributed by atoms with E-state index in [1.807, 2.05) is 0 Å². The lowest BCUT2D eigenvalue weighted by atomic mass is 9.95. The number of carbonyl (C=O) groups excluding carboxylic acids is 1. The number of nitrogens with one attached hydrogen (secondary N) is 2. The molecule has 1 saturated carbocycles. The summed E-state index contributed by atoms with van der Waals surface area (Å²) in [5.74, 6) is -2.36. The molecule has 0 saturated heterocycles. The van der Waals surface area contributed by atoms with E-state index in [2.05, 4.69) is 10.6 Å². The van der Waals surface area contributed by atoms with Crippen LogP contribution < -0.4 is 16.1 Å². The van der Waals surface area contributed by atoms with E-state index in [0.717, 1.165) is 38.2 Å². The molecule has 0 unspecified atom stereocenters. The predicted molar refractivity (Wildman–Crippen MR) is 121 cm³/mol. The van der Waals surface area contributed by atoms with Crippen molar-refractivity contribution in [1.82, 2.24) is 9.88 Å². The number of aliphatic hydroxyl groups excluding tert-OH is 2. The molecule has 1 aliphatic carbocycles. The van der Waals surface area contributed by atoms with Gasteiger partial charge in [0.25, 0.3) is 5.91 Å². The highest BCUT2D eigenvalue weighted by Gasteiger charge is 2.22. The quantitative estimate of drug-likeness (QED) is 0.339. The van der Waals surface area contributed by atoms with Crippen LogP contribution in [0.15, 0.2) is 23.1 Å². The summed E-state index contributed by atoms with van der Waals surface area (Å²) in [5.41, 5.74) is -0.454. The summed E-state index contributed by atoms with van der Waals surface area (Å²) < 4.78 is 16.4. The van der Waals surface area contributed by atoms with Crippen LogP contribution in [0.25, 0.3) is 10.9 Å². The molecule has 0 radical (unpaired) electrons. The first kappa shape index (κ1) is 24.7. The molecule has 0 aliphatic heterocycles. The van der Waals surface area contributed by atoms with Crippen molar-refractivity contribution in [2.75, 3.05) is 25.1 Å². The Balaban J connectivity index is 2.01. The summed E-state index contributed by atoms with van der Waals surface area (Å²) >= 11 is 0. The van der Waals surface area contributed by atoms with Crippen LogP contribution in [-0.4, -0.2) is 57.6 Å². The van der Waals surface area contributed by atoms with E-state index in [9.17, 15) is 29.0 Å². The smallest absolute Gasteiger partial charge is 0.303 e. The van der Waals surface area contributed by atoms with E-state index in [4.69, 9.17) is 5.11 Å². The number of amides is 1. The maximum atomic E-state index is 14.9. The highest BCUT2D eigenvalue weighted by molar-refractivity contribution is 5.97. The van der Waals surface area contributed by atoms with Gasteiger partial charge in [-0.25, -0.2) is 4.39 Å². The van der Waals surface area contributed by atoms with Crippen molar-refractivity contribution in [1.29, 1.82) is 0 Å². The SMILES string of the molecule is O=C(O)CCCNC(=O)c1cn(C(CO)CO)c2cc(NC3CCCCC3)c(F)cc2c1=O. The number of pyridine rings is 1. The topological polar surface area (TPSA) is 141 Å². The molecule has 2 aromatic rings. The van der Waals surface area contributed by atoms with Crippen molar-refractivity contribution >= 4 is 28.5 Å². The predicted octanol–water partition coefficient (Wildman–Crippen LogP) is 2.01. The molecule has 180 valence electrons. The number of nitrogens with zero attached hydrogens (tertiary/aromatic N) is 1. The number of aliphatic hydroxyl groups is 2. The molecule has 0 atom stereocenters. The Morgan fingerprint density at radius 2 is 1.85 bits per heavy atom. The number of hydrogen-bond acceptors (Lipinski definition) is 6. The zero-order chi connectivity index (χ0) is 24.0. The van der Waals surface area contributed by atoms with Crippen LogP contribution >= 0.6 is 0 Å². The minimum absolute atomic E-state index is 0.0463. The van der Waals surface area contributed by atoms with Crippen LogP contribution in [0.5, 0.6) is 0 Å². The van der Waals surface area contributed by atoms with Crippen molar-refractivity contribution in [2.45, 2.75) is 57.0 Å². The fourth-order valence-corrected chi connectivity index (χ4v) is 4.18. The van der Waals surface area contributed by atoms with Crippen LogP contribution in [0.1, 0.15) is 61.3 Å². The second-order valence-electron chi connectivity index (χ2n) is 8.38. The fourth-order valence-electron chi connectivity index (χ4n) is 4.18. The van der Waals surface area contributed by atoms with E-state index in [1.165, 1.54) is 16.8 Å². The number of hydrogen-bond donors (Lipinski definition) is 5. The van der Waals surface area contributed by atoms with Gasteiger partial charge in [-0.1, -0.05) is 19.3 Å². The Hall–Kier alpha value is -2.98. The number of rotatable bonds is 10. The van der Waals surface area contributed by atoms with Crippen molar-refractivity contribution in [3.8, 4) is 0 Å². The van der Waals surface area contributed by atoms with Gasteiger partial charge in [-0.05, 0) is 31.4 Å². The largest absolute Gasteiger partial charge is 0.481 e. The molecule has 1 aromatic heterocycles. The van der Waals surface area contributed by atoms with Crippen LogP contribution in [0.4, 0.5) is 10.1 Å². The van der Waals surface area contributed by atoms with E-state index in [-0.39, 0.29) is 47.6 Å². The first-order valence-electron chi connectivity index (χ1n) is 11.2. The van der Waals surface area contributed by atoms with Crippen LogP contribution in [-0.2, 0) is 4.79 Å². The molecule has 5 N–H and O–H groups in total. The average Bonchev–Trinajstić information content (AvgIpc) is 2.80. The van der Waals surface area contributed by atoms with E-state index in [0.29, 0.717) is 0 Å². The van der Waals surface area contributed by atoms with Crippen molar-refractivity contribution < 1.29 is 29.3 Å². The van der Waals surface area contributed by atoms with Gasteiger partial charge in [0.15, 0.2) is 0 Å². The van der Waals surface area contributed by atoms with Gasteiger partial charge in [-0.3, -0.25) is 14.4 Å². The number of anilines is 1. The summed E-state index contributed by atoms with van der Waals surface area (Å²) in [6.07, 6.45) is 6.39. The Morgan fingerprint density at radius 3 is 2.48 bits per heavy atom. The Bertz CT molecular complexity index is 1060. The fraction of sp³-hybridized carbons (Fsp3) is 0.522. The minimum Gasteiger partial charge on any atom is -0.481 e. The second-order valence-corrected chi connectivity index (χ2v) is 8.38. The number of benzene rings is 1. The van der Waals surface area contributed by atoms with Gasteiger partial charge in [0.2, 0.25) is 5.43 Å². The lowest BCUT2D eigenvalue weighted by Gasteiger charge is -2.25.